The predicted molar refractivity (Wildman–Crippen MR) is 100 cm³/mol. The number of fused-ring (bicyclic) bond motifs is 1. The molecular formula is C19H18N2O3S. The van der Waals surface area contributed by atoms with Gasteiger partial charge in [-0.2, -0.15) is 0 Å². The molecule has 0 aliphatic rings. The molecule has 1 aromatic heterocycles. The highest BCUT2D eigenvalue weighted by atomic mass is 32.1. The van der Waals surface area contributed by atoms with Crippen LogP contribution in [0.5, 0.6) is 5.75 Å². The summed E-state index contributed by atoms with van der Waals surface area (Å²) >= 11 is 1.46. The zero-order valence-electron chi connectivity index (χ0n) is 13.7. The number of amides is 2. The Morgan fingerprint density at radius 2 is 1.84 bits per heavy atom. The summed E-state index contributed by atoms with van der Waals surface area (Å²) in [6, 6.07) is 16.7. The molecular weight excluding hydrogens is 336 g/mol. The van der Waals surface area contributed by atoms with Crippen LogP contribution in [0.1, 0.15) is 16.6 Å². The Bertz CT molecular complexity index is 854. The highest BCUT2D eigenvalue weighted by Crippen LogP contribution is 2.26. The van der Waals surface area contributed by atoms with E-state index in [1.54, 1.807) is 24.3 Å². The van der Waals surface area contributed by atoms with Gasteiger partial charge in [-0.25, -0.2) is 0 Å². The molecule has 25 heavy (non-hydrogen) atoms. The first kappa shape index (κ1) is 17.0. The number of anilines is 1. The Morgan fingerprint density at radius 1 is 1.08 bits per heavy atom. The zero-order valence-corrected chi connectivity index (χ0v) is 14.6. The van der Waals surface area contributed by atoms with Crippen molar-refractivity contribution in [2.45, 2.75) is 6.92 Å². The number of rotatable bonds is 6. The number of nitrogens with one attached hydrogen (secondary N) is 2. The lowest BCUT2D eigenvalue weighted by Crippen LogP contribution is -2.28. The van der Waals surface area contributed by atoms with E-state index in [9.17, 15) is 9.59 Å². The summed E-state index contributed by atoms with van der Waals surface area (Å²) in [6.45, 7) is 2.40. The minimum Gasteiger partial charge on any atom is -0.484 e. The standard InChI is InChI=1S/C19H18N2O3S/c1-2-20-18(22)12-24-15-9-7-14(8-10-15)21-19(23)17-11-13-5-3-4-6-16(13)25-17/h3-11H,2,12H2,1H3,(H,20,22)(H,21,23). The van der Waals surface area contributed by atoms with Crippen LogP contribution < -0.4 is 15.4 Å². The van der Waals surface area contributed by atoms with Crippen LogP contribution >= 0.6 is 11.3 Å². The second kappa shape index (κ2) is 7.81. The molecule has 2 amide bonds. The third-order valence-corrected chi connectivity index (χ3v) is 4.62. The monoisotopic (exact) mass is 354 g/mol. The first-order chi connectivity index (χ1) is 12.2. The average molecular weight is 354 g/mol. The molecule has 3 rings (SSSR count). The third-order valence-electron chi connectivity index (χ3n) is 3.51. The normalized spacial score (nSPS) is 10.4. The van der Waals surface area contributed by atoms with Crippen molar-refractivity contribution in [2.24, 2.45) is 0 Å². The molecule has 6 heteroatoms. The van der Waals surface area contributed by atoms with Crippen molar-refractivity contribution in [3.8, 4) is 5.75 Å². The van der Waals surface area contributed by atoms with Crippen molar-refractivity contribution >= 4 is 38.9 Å². The molecule has 0 radical (unpaired) electrons. The molecule has 0 aliphatic heterocycles. The molecule has 0 fully saturated rings. The first-order valence-corrected chi connectivity index (χ1v) is 8.77. The Labute approximate surface area is 149 Å². The van der Waals surface area contributed by atoms with E-state index in [2.05, 4.69) is 10.6 Å². The number of hydrogen-bond acceptors (Lipinski definition) is 4. The molecule has 0 unspecified atom stereocenters. The Kier molecular flexibility index (Phi) is 5.30. The Hall–Kier alpha value is -2.86. The van der Waals surface area contributed by atoms with Crippen LogP contribution in [0.2, 0.25) is 0 Å². The van der Waals surface area contributed by atoms with Gasteiger partial charge in [-0.3, -0.25) is 9.59 Å². The van der Waals surface area contributed by atoms with Crippen LogP contribution in [0.15, 0.2) is 54.6 Å². The Balaban J connectivity index is 1.60. The molecule has 3 aromatic rings. The quantitative estimate of drug-likeness (QED) is 0.710. The summed E-state index contributed by atoms with van der Waals surface area (Å²) < 4.78 is 6.47. The van der Waals surface area contributed by atoms with Crippen LogP contribution in [0.4, 0.5) is 5.69 Å². The smallest absolute Gasteiger partial charge is 0.265 e. The summed E-state index contributed by atoms with van der Waals surface area (Å²) in [6.07, 6.45) is 0. The zero-order chi connectivity index (χ0) is 17.6. The van der Waals surface area contributed by atoms with E-state index < -0.39 is 0 Å². The van der Waals surface area contributed by atoms with Crippen LogP contribution in [-0.2, 0) is 4.79 Å². The molecule has 0 saturated heterocycles. The van der Waals surface area contributed by atoms with Crippen molar-refractivity contribution in [1.29, 1.82) is 0 Å². The van der Waals surface area contributed by atoms with Crippen molar-refractivity contribution in [3.63, 3.8) is 0 Å². The van der Waals surface area contributed by atoms with Gasteiger partial charge in [-0.05, 0) is 48.7 Å². The highest BCUT2D eigenvalue weighted by molar-refractivity contribution is 7.20. The van der Waals surface area contributed by atoms with Crippen molar-refractivity contribution < 1.29 is 14.3 Å². The molecule has 0 atom stereocenters. The van der Waals surface area contributed by atoms with Gasteiger partial charge in [0.15, 0.2) is 6.61 Å². The molecule has 2 N–H and O–H groups in total. The fourth-order valence-corrected chi connectivity index (χ4v) is 3.28. The third kappa shape index (κ3) is 4.36. The number of ether oxygens (including phenoxy) is 1. The second-order valence-electron chi connectivity index (χ2n) is 5.37. The van der Waals surface area contributed by atoms with Crippen LogP contribution in [0, 0.1) is 0 Å². The largest absolute Gasteiger partial charge is 0.484 e. The van der Waals surface area contributed by atoms with Crippen LogP contribution in [0.25, 0.3) is 10.1 Å². The first-order valence-electron chi connectivity index (χ1n) is 7.95. The van der Waals surface area contributed by atoms with E-state index in [1.807, 2.05) is 37.3 Å². The van der Waals surface area contributed by atoms with Gasteiger partial charge in [0.05, 0.1) is 4.88 Å². The number of hydrogen-bond donors (Lipinski definition) is 2. The number of thiophene rings is 1. The van der Waals surface area contributed by atoms with Crippen molar-refractivity contribution in [1.82, 2.24) is 5.32 Å². The van der Waals surface area contributed by atoms with E-state index in [1.165, 1.54) is 11.3 Å². The summed E-state index contributed by atoms with van der Waals surface area (Å²) in [5.74, 6) is 0.271. The van der Waals surface area contributed by atoms with Gasteiger partial charge in [0.2, 0.25) is 0 Å². The predicted octanol–water partition coefficient (Wildman–Crippen LogP) is 3.67. The molecule has 5 nitrogen and oxygen atoms in total. The SMILES string of the molecule is CCNC(=O)COc1ccc(NC(=O)c2cc3ccccc3s2)cc1. The van der Waals surface area contributed by atoms with E-state index >= 15 is 0 Å². The van der Waals surface area contributed by atoms with Gasteiger partial charge < -0.3 is 15.4 Å². The molecule has 0 saturated carbocycles. The van der Waals surface area contributed by atoms with Gasteiger partial charge in [0, 0.05) is 16.9 Å². The Morgan fingerprint density at radius 3 is 2.56 bits per heavy atom. The lowest BCUT2D eigenvalue weighted by atomic mass is 10.2. The van der Waals surface area contributed by atoms with E-state index in [0.29, 0.717) is 22.9 Å². The van der Waals surface area contributed by atoms with Crippen LogP contribution in [-0.4, -0.2) is 25.0 Å². The fourth-order valence-electron chi connectivity index (χ4n) is 2.32. The highest BCUT2D eigenvalue weighted by Gasteiger charge is 2.10. The summed E-state index contributed by atoms with van der Waals surface area (Å²) in [5.41, 5.74) is 0.674. The lowest BCUT2D eigenvalue weighted by molar-refractivity contribution is -0.122. The fraction of sp³-hybridized carbons (Fsp3) is 0.158. The number of benzene rings is 2. The summed E-state index contributed by atoms with van der Waals surface area (Å²) in [4.78, 5) is 24.4. The van der Waals surface area contributed by atoms with E-state index in [4.69, 9.17) is 4.74 Å². The summed E-state index contributed by atoms with van der Waals surface area (Å²) in [7, 11) is 0. The van der Waals surface area contributed by atoms with Crippen molar-refractivity contribution in [2.75, 3.05) is 18.5 Å². The molecule has 0 spiro atoms. The topological polar surface area (TPSA) is 67.4 Å². The van der Waals surface area contributed by atoms with Gasteiger partial charge >= 0.3 is 0 Å². The van der Waals surface area contributed by atoms with Gasteiger partial charge in [-0.1, -0.05) is 18.2 Å². The minimum absolute atomic E-state index is 0.0265. The molecule has 1 heterocycles. The number of likely N-dealkylation sites (N-methyl/N-ethyl adjacent to an activating group) is 1. The van der Waals surface area contributed by atoms with Gasteiger partial charge in [0.1, 0.15) is 5.75 Å². The second-order valence-corrected chi connectivity index (χ2v) is 6.45. The number of carbonyl (C=O) groups excluding carboxylic acids is 2. The van der Waals surface area contributed by atoms with Crippen molar-refractivity contribution in [3.05, 3.63) is 59.5 Å². The maximum Gasteiger partial charge on any atom is 0.265 e. The van der Waals surface area contributed by atoms with Gasteiger partial charge in [-0.15, -0.1) is 11.3 Å². The van der Waals surface area contributed by atoms with E-state index in [-0.39, 0.29) is 18.4 Å². The number of carbonyl (C=O) groups is 2. The summed E-state index contributed by atoms with van der Waals surface area (Å²) in [5, 5.41) is 6.59. The maximum atomic E-state index is 12.4. The van der Waals surface area contributed by atoms with Crippen LogP contribution in [0.3, 0.4) is 0 Å². The van der Waals surface area contributed by atoms with Gasteiger partial charge in [0.25, 0.3) is 11.8 Å². The molecule has 0 bridgehead atoms. The maximum absolute atomic E-state index is 12.4. The lowest BCUT2D eigenvalue weighted by Gasteiger charge is -2.08. The van der Waals surface area contributed by atoms with E-state index in [0.717, 1.165) is 10.1 Å². The average Bonchev–Trinajstić information content (AvgIpc) is 3.06. The minimum atomic E-state index is -0.162. The molecule has 2 aromatic carbocycles. The molecule has 0 aliphatic carbocycles. The molecule has 128 valence electrons.